The second-order valence-corrected chi connectivity index (χ2v) is 5.85. The van der Waals surface area contributed by atoms with Crippen molar-refractivity contribution in [2.45, 2.75) is 24.5 Å². The molecule has 0 radical (unpaired) electrons. The molecule has 0 aliphatic carbocycles. The van der Waals surface area contributed by atoms with Crippen molar-refractivity contribution < 1.29 is 24.5 Å². The van der Waals surface area contributed by atoms with Crippen molar-refractivity contribution in [2.24, 2.45) is 0 Å². The van der Waals surface area contributed by atoms with Gasteiger partial charge in [0.15, 0.2) is 17.7 Å². The van der Waals surface area contributed by atoms with E-state index < -0.39 is 24.5 Å². The van der Waals surface area contributed by atoms with Crippen LogP contribution in [0.4, 0.5) is 5.82 Å². The van der Waals surface area contributed by atoms with Gasteiger partial charge in [0.1, 0.15) is 30.2 Å². The molecule has 0 saturated carbocycles. The van der Waals surface area contributed by atoms with Crippen molar-refractivity contribution in [1.82, 2.24) is 24.6 Å². The Morgan fingerprint density at radius 2 is 2.04 bits per heavy atom. The molecule has 0 bridgehead atoms. The first-order valence-corrected chi connectivity index (χ1v) is 7.81. The van der Waals surface area contributed by atoms with E-state index in [1.165, 1.54) is 17.2 Å². The Morgan fingerprint density at radius 1 is 1.24 bits per heavy atom. The van der Waals surface area contributed by atoms with Crippen molar-refractivity contribution in [3.63, 3.8) is 0 Å². The molecule has 1 aliphatic heterocycles. The Hall–Kier alpha value is -1.89. The smallest absolute Gasteiger partial charge is 0.167 e. The summed E-state index contributed by atoms with van der Waals surface area (Å²) in [4.78, 5) is 17.3. The highest BCUT2D eigenvalue weighted by atomic mass is 16.7. The zero-order valence-electron chi connectivity index (χ0n) is 14.0. The summed E-state index contributed by atoms with van der Waals surface area (Å²) in [5.41, 5.74) is 6.59. The van der Waals surface area contributed by atoms with E-state index in [1.54, 1.807) is 19.2 Å². The Morgan fingerprint density at radius 3 is 2.80 bits per heavy atom. The fourth-order valence-electron chi connectivity index (χ4n) is 2.63. The number of aromatic nitrogens is 4. The summed E-state index contributed by atoms with van der Waals surface area (Å²) in [6, 6.07) is 0. The Kier molecular flexibility index (Phi) is 5.42. The monoisotopic (exact) mass is 354 g/mol. The van der Waals surface area contributed by atoms with E-state index in [2.05, 4.69) is 15.0 Å². The predicted octanol–water partition coefficient (Wildman–Crippen LogP) is -1.46. The fraction of sp³-hybridized carbons (Fsp3) is 0.643. The maximum Gasteiger partial charge on any atom is 0.167 e. The van der Waals surface area contributed by atoms with Crippen LogP contribution in [-0.4, -0.2) is 87.0 Å². The molecule has 0 spiro atoms. The normalized spacial score (nSPS) is 26.8. The largest absolute Gasteiger partial charge is 0.387 e. The number of hydrogen-bond acceptors (Lipinski definition) is 10. The minimum absolute atomic E-state index is 0.120. The number of rotatable bonds is 7. The Bertz CT molecular complexity index is 710. The van der Waals surface area contributed by atoms with E-state index in [1.807, 2.05) is 0 Å². The van der Waals surface area contributed by atoms with Crippen LogP contribution < -0.4 is 5.73 Å². The summed E-state index contributed by atoms with van der Waals surface area (Å²) in [6.07, 6.45) is -1.03. The van der Waals surface area contributed by atoms with Gasteiger partial charge in [-0.05, 0) is 0 Å². The number of ether oxygens (including phenoxy) is 2. The second kappa shape index (κ2) is 7.56. The fourth-order valence-corrected chi connectivity index (χ4v) is 2.63. The van der Waals surface area contributed by atoms with E-state index in [4.69, 9.17) is 20.0 Å². The lowest BCUT2D eigenvalue weighted by Gasteiger charge is -2.16. The van der Waals surface area contributed by atoms with Gasteiger partial charge in [0.25, 0.3) is 0 Å². The van der Waals surface area contributed by atoms with Gasteiger partial charge >= 0.3 is 0 Å². The maximum absolute atomic E-state index is 10.3. The lowest BCUT2D eigenvalue weighted by Crippen LogP contribution is -2.34. The number of fused-ring (bicyclic) bond motifs is 1. The first-order valence-electron chi connectivity index (χ1n) is 7.81. The molecule has 0 amide bonds. The van der Waals surface area contributed by atoms with Crippen LogP contribution in [0.1, 0.15) is 6.23 Å². The van der Waals surface area contributed by atoms with Gasteiger partial charge in [-0.3, -0.25) is 9.40 Å². The van der Waals surface area contributed by atoms with E-state index in [0.717, 1.165) is 0 Å². The van der Waals surface area contributed by atoms with E-state index in [9.17, 15) is 10.2 Å². The predicted molar refractivity (Wildman–Crippen MR) is 86.1 cm³/mol. The van der Waals surface area contributed by atoms with Crippen LogP contribution in [0.2, 0.25) is 0 Å². The quantitative estimate of drug-likeness (QED) is 0.399. The SMILES string of the molecule is CN(C)OCCOC[C@H]1O[C@@H](n2cnc3c(N)ncnc32)[C@H](O)[C@@H]1O. The van der Waals surface area contributed by atoms with Gasteiger partial charge in [0.2, 0.25) is 0 Å². The molecule has 0 aromatic carbocycles. The number of hydrogen-bond donors (Lipinski definition) is 3. The molecule has 4 N–H and O–H groups in total. The first kappa shape index (κ1) is 17.9. The highest BCUT2D eigenvalue weighted by Gasteiger charge is 2.44. The van der Waals surface area contributed by atoms with Crippen LogP contribution in [0.15, 0.2) is 12.7 Å². The number of aliphatic hydroxyl groups is 2. The molecule has 3 heterocycles. The average molecular weight is 354 g/mol. The molecule has 1 fully saturated rings. The summed E-state index contributed by atoms with van der Waals surface area (Å²) in [5.74, 6) is 0.234. The number of imidazole rings is 1. The number of anilines is 1. The lowest BCUT2D eigenvalue weighted by atomic mass is 10.1. The Labute approximate surface area is 143 Å². The number of nitrogen functional groups attached to an aromatic ring is 1. The molecular weight excluding hydrogens is 332 g/mol. The molecule has 2 aromatic rings. The number of aliphatic hydroxyl groups excluding tert-OH is 2. The van der Waals surface area contributed by atoms with Crippen molar-refractivity contribution in [3.8, 4) is 0 Å². The molecule has 1 saturated heterocycles. The molecule has 0 unspecified atom stereocenters. The van der Waals surface area contributed by atoms with Crippen LogP contribution in [0, 0.1) is 0 Å². The lowest BCUT2D eigenvalue weighted by molar-refractivity contribution is -0.140. The molecule has 11 nitrogen and oxygen atoms in total. The molecular formula is C14H22N6O5. The first-order chi connectivity index (χ1) is 12.0. The maximum atomic E-state index is 10.3. The highest BCUT2D eigenvalue weighted by Crippen LogP contribution is 2.32. The molecule has 4 atom stereocenters. The van der Waals surface area contributed by atoms with Crippen molar-refractivity contribution in [1.29, 1.82) is 0 Å². The third-order valence-electron chi connectivity index (χ3n) is 3.86. The minimum atomic E-state index is -1.15. The summed E-state index contributed by atoms with van der Waals surface area (Å²) < 4.78 is 12.7. The van der Waals surface area contributed by atoms with Gasteiger partial charge in [-0.2, -0.15) is 5.06 Å². The van der Waals surface area contributed by atoms with Crippen LogP contribution in [0.5, 0.6) is 0 Å². The number of nitrogens with two attached hydrogens (primary N) is 1. The second-order valence-electron chi connectivity index (χ2n) is 5.85. The van der Waals surface area contributed by atoms with E-state index in [0.29, 0.717) is 24.4 Å². The molecule has 138 valence electrons. The van der Waals surface area contributed by atoms with Gasteiger partial charge < -0.3 is 25.4 Å². The van der Waals surface area contributed by atoms with Gasteiger partial charge in [-0.25, -0.2) is 15.0 Å². The highest BCUT2D eigenvalue weighted by molar-refractivity contribution is 5.81. The number of nitrogens with zero attached hydrogens (tertiary/aromatic N) is 5. The van der Waals surface area contributed by atoms with Crippen molar-refractivity contribution in [3.05, 3.63) is 12.7 Å². The number of hydroxylamine groups is 2. The zero-order chi connectivity index (χ0) is 18.0. The van der Waals surface area contributed by atoms with Gasteiger partial charge in [0.05, 0.1) is 26.1 Å². The average Bonchev–Trinajstić information content (AvgIpc) is 3.11. The zero-order valence-corrected chi connectivity index (χ0v) is 14.0. The molecule has 11 heteroatoms. The van der Waals surface area contributed by atoms with Crippen LogP contribution in [0.25, 0.3) is 11.2 Å². The van der Waals surface area contributed by atoms with Crippen molar-refractivity contribution in [2.75, 3.05) is 39.6 Å². The minimum Gasteiger partial charge on any atom is -0.387 e. The molecule has 3 rings (SSSR count). The van der Waals surface area contributed by atoms with Crippen LogP contribution >= 0.6 is 0 Å². The summed E-state index contributed by atoms with van der Waals surface area (Å²) >= 11 is 0. The molecule has 25 heavy (non-hydrogen) atoms. The van der Waals surface area contributed by atoms with Gasteiger partial charge in [-0.1, -0.05) is 0 Å². The molecule has 1 aliphatic rings. The molecule has 2 aromatic heterocycles. The van der Waals surface area contributed by atoms with Crippen LogP contribution in [0.3, 0.4) is 0 Å². The van der Waals surface area contributed by atoms with E-state index >= 15 is 0 Å². The van der Waals surface area contributed by atoms with Gasteiger partial charge in [-0.15, -0.1) is 0 Å². The summed E-state index contributed by atoms with van der Waals surface area (Å²) in [7, 11) is 3.55. The van der Waals surface area contributed by atoms with Crippen LogP contribution in [-0.2, 0) is 14.3 Å². The third-order valence-corrected chi connectivity index (χ3v) is 3.86. The topological polar surface area (TPSA) is 141 Å². The van der Waals surface area contributed by atoms with E-state index in [-0.39, 0.29) is 12.4 Å². The van der Waals surface area contributed by atoms with Gasteiger partial charge in [0, 0.05) is 14.1 Å². The van der Waals surface area contributed by atoms with Crippen molar-refractivity contribution >= 4 is 17.0 Å². The summed E-state index contributed by atoms with van der Waals surface area (Å²) in [6.45, 7) is 0.836. The Balaban J connectivity index is 1.64. The third kappa shape index (κ3) is 3.71. The summed E-state index contributed by atoms with van der Waals surface area (Å²) in [5, 5.41) is 22.1. The standard InChI is InChI=1S/C14H22N6O5/c1-19(2)24-4-3-23-5-8-10(21)11(22)14(25-8)20-7-18-9-12(15)16-6-17-13(9)20/h6-8,10-11,14,21-22H,3-5H2,1-2H3,(H2,15,16,17)/t8-,10-,11-,14-/m1/s1.